The third kappa shape index (κ3) is 4.46. The predicted molar refractivity (Wildman–Crippen MR) is 79.4 cm³/mol. The van der Waals surface area contributed by atoms with Crippen molar-refractivity contribution < 1.29 is 13.5 Å². The summed E-state index contributed by atoms with van der Waals surface area (Å²) in [5.41, 5.74) is 0.527. The number of ether oxygens (including phenoxy) is 1. The molecule has 0 radical (unpaired) electrons. The number of morpholine rings is 1. The fourth-order valence-electron chi connectivity index (χ4n) is 2.78. The molecular formula is C16H24F2N2O. The van der Waals surface area contributed by atoms with Crippen molar-refractivity contribution in [1.82, 2.24) is 10.2 Å². The van der Waals surface area contributed by atoms with Gasteiger partial charge in [0, 0.05) is 25.2 Å². The quantitative estimate of drug-likeness (QED) is 0.871. The summed E-state index contributed by atoms with van der Waals surface area (Å²) in [6, 6.07) is 3.80. The number of nitrogens with one attached hydrogen (secondary N) is 1. The Morgan fingerprint density at radius 3 is 2.86 bits per heavy atom. The molecule has 1 fully saturated rings. The SMILES string of the molecule is CCNC(Cc1ccc(F)cc1F)C1CN(CC)CCO1. The molecule has 0 saturated carbocycles. The zero-order valence-electron chi connectivity index (χ0n) is 12.7. The summed E-state index contributed by atoms with van der Waals surface area (Å²) < 4.78 is 32.7. The average molecular weight is 298 g/mol. The second kappa shape index (κ2) is 7.82. The van der Waals surface area contributed by atoms with E-state index in [2.05, 4.69) is 17.1 Å². The lowest BCUT2D eigenvalue weighted by Crippen LogP contribution is -2.53. The van der Waals surface area contributed by atoms with Crippen molar-refractivity contribution >= 4 is 0 Å². The van der Waals surface area contributed by atoms with Gasteiger partial charge < -0.3 is 10.1 Å². The zero-order chi connectivity index (χ0) is 15.2. The van der Waals surface area contributed by atoms with E-state index in [0.29, 0.717) is 18.6 Å². The molecule has 21 heavy (non-hydrogen) atoms. The summed E-state index contributed by atoms with van der Waals surface area (Å²) in [6.45, 7) is 8.42. The number of hydrogen-bond donors (Lipinski definition) is 1. The lowest BCUT2D eigenvalue weighted by atomic mass is 9.99. The Balaban J connectivity index is 2.07. The molecule has 1 N–H and O–H groups in total. The lowest BCUT2D eigenvalue weighted by molar-refractivity contribution is -0.0446. The summed E-state index contributed by atoms with van der Waals surface area (Å²) >= 11 is 0. The van der Waals surface area contributed by atoms with Crippen molar-refractivity contribution in [2.75, 3.05) is 32.8 Å². The van der Waals surface area contributed by atoms with Crippen molar-refractivity contribution in [2.45, 2.75) is 32.4 Å². The molecule has 0 aromatic heterocycles. The molecule has 0 spiro atoms. The monoisotopic (exact) mass is 298 g/mol. The zero-order valence-corrected chi connectivity index (χ0v) is 12.7. The Morgan fingerprint density at radius 2 is 2.19 bits per heavy atom. The minimum absolute atomic E-state index is 0.0307. The van der Waals surface area contributed by atoms with E-state index in [4.69, 9.17) is 4.74 Å². The van der Waals surface area contributed by atoms with Gasteiger partial charge in [-0.15, -0.1) is 0 Å². The summed E-state index contributed by atoms with van der Waals surface area (Å²) in [5, 5.41) is 3.38. The standard InChI is InChI=1S/C16H24F2N2O/c1-3-19-15(16-11-20(4-2)7-8-21-16)9-12-5-6-13(17)10-14(12)18/h5-6,10,15-16,19H,3-4,7-9,11H2,1-2H3. The van der Waals surface area contributed by atoms with E-state index in [-0.39, 0.29) is 12.1 Å². The number of halogens is 2. The number of benzene rings is 1. The van der Waals surface area contributed by atoms with Gasteiger partial charge in [-0.25, -0.2) is 8.78 Å². The Hall–Kier alpha value is -1.04. The number of likely N-dealkylation sites (N-methyl/N-ethyl adjacent to an activating group) is 2. The molecule has 0 aliphatic carbocycles. The van der Waals surface area contributed by atoms with Gasteiger partial charge in [-0.3, -0.25) is 4.90 Å². The van der Waals surface area contributed by atoms with Crippen LogP contribution in [-0.4, -0.2) is 49.8 Å². The van der Waals surface area contributed by atoms with Gasteiger partial charge in [0.05, 0.1) is 12.7 Å². The van der Waals surface area contributed by atoms with Gasteiger partial charge in [0.15, 0.2) is 0 Å². The summed E-state index contributed by atoms with van der Waals surface area (Å²) in [6.07, 6.45) is 0.533. The maximum Gasteiger partial charge on any atom is 0.129 e. The molecule has 0 bridgehead atoms. The Morgan fingerprint density at radius 1 is 1.38 bits per heavy atom. The Labute approximate surface area is 125 Å². The van der Waals surface area contributed by atoms with Gasteiger partial charge in [0.1, 0.15) is 11.6 Å². The van der Waals surface area contributed by atoms with E-state index in [1.807, 2.05) is 6.92 Å². The van der Waals surface area contributed by atoms with Gasteiger partial charge in [-0.2, -0.15) is 0 Å². The van der Waals surface area contributed by atoms with E-state index in [9.17, 15) is 8.78 Å². The fourth-order valence-corrected chi connectivity index (χ4v) is 2.78. The molecule has 1 aromatic rings. The normalized spacial score (nSPS) is 21.4. The largest absolute Gasteiger partial charge is 0.374 e. The first-order valence-electron chi connectivity index (χ1n) is 7.65. The van der Waals surface area contributed by atoms with Gasteiger partial charge in [0.25, 0.3) is 0 Å². The van der Waals surface area contributed by atoms with Crippen molar-refractivity contribution in [2.24, 2.45) is 0 Å². The van der Waals surface area contributed by atoms with Crippen LogP contribution in [0.4, 0.5) is 8.78 Å². The molecule has 2 atom stereocenters. The lowest BCUT2D eigenvalue weighted by Gasteiger charge is -2.37. The molecule has 1 aliphatic heterocycles. The fraction of sp³-hybridized carbons (Fsp3) is 0.625. The van der Waals surface area contributed by atoms with Gasteiger partial charge in [0.2, 0.25) is 0 Å². The third-order valence-electron chi connectivity index (χ3n) is 3.99. The highest BCUT2D eigenvalue weighted by atomic mass is 19.1. The molecule has 5 heteroatoms. The van der Waals surface area contributed by atoms with Crippen molar-refractivity contribution in [3.8, 4) is 0 Å². The topological polar surface area (TPSA) is 24.5 Å². The molecule has 1 aromatic carbocycles. The molecule has 118 valence electrons. The van der Waals surface area contributed by atoms with Crippen molar-refractivity contribution in [1.29, 1.82) is 0 Å². The molecule has 3 nitrogen and oxygen atoms in total. The average Bonchev–Trinajstić information content (AvgIpc) is 2.49. The highest BCUT2D eigenvalue weighted by molar-refractivity contribution is 5.20. The van der Waals surface area contributed by atoms with E-state index >= 15 is 0 Å². The molecule has 1 aliphatic rings. The van der Waals surface area contributed by atoms with Crippen LogP contribution in [0, 0.1) is 11.6 Å². The van der Waals surface area contributed by atoms with Crippen LogP contribution >= 0.6 is 0 Å². The van der Waals surface area contributed by atoms with Crippen LogP contribution in [0.1, 0.15) is 19.4 Å². The summed E-state index contributed by atoms with van der Waals surface area (Å²) in [4.78, 5) is 2.33. The molecule has 2 unspecified atom stereocenters. The minimum Gasteiger partial charge on any atom is -0.374 e. The van der Waals surface area contributed by atoms with Crippen LogP contribution in [-0.2, 0) is 11.2 Å². The molecule has 1 heterocycles. The molecule has 0 amide bonds. The maximum atomic E-state index is 13.8. The highest BCUT2D eigenvalue weighted by Gasteiger charge is 2.27. The second-order valence-corrected chi connectivity index (χ2v) is 5.41. The molecular weight excluding hydrogens is 274 g/mol. The molecule has 1 saturated heterocycles. The smallest absolute Gasteiger partial charge is 0.129 e. The van der Waals surface area contributed by atoms with Gasteiger partial charge >= 0.3 is 0 Å². The van der Waals surface area contributed by atoms with Crippen molar-refractivity contribution in [3.63, 3.8) is 0 Å². The van der Waals surface area contributed by atoms with Crippen LogP contribution in [0.5, 0.6) is 0 Å². The van der Waals surface area contributed by atoms with Crippen LogP contribution in [0.15, 0.2) is 18.2 Å². The van der Waals surface area contributed by atoms with Crippen molar-refractivity contribution in [3.05, 3.63) is 35.4 Å². The number of hydrogen-bond acceptors (Lipinski definition) is 3. The first-order chi connectivity index (χ1) is 10.1. The van der Waals surface area contributed by atoms with Crippen LogP contribution in [0.3, 0.4) is 0 Å². The van der Waals surface area contributed by atoms with E-state index in [0.717, 1.165) is 32.2 Å². The van der Waals surface area contributed by atoms with Gasteiger partial charge in [-0.1, -0.05) is 19.9 Å². The minimum atomic E-state index is -0.540. The second-order valence-electron chi connectivity index (χ2n) is 5.41. The number of nitrogens with zero attached hydrogens (tertiary/aromatic N) is 1. The predicted octanol–water partition coefficient (Wildman–Crippen LogP) is 2.21. The Kier molecular flexibility index (Phi) is 6.08. The highest BCUT2D eigenvalue weighted by Crippen LogP contribution is 2.16. The van der Waals surface area contributed by atoms with E-state index in [1.165, 1.54) is 12.1 Å². The van der Waals surface area contributed by atoms with E-state index < -0.39 is 11.6 Å². The first kappa shape index (κ1) is 16.3. The summed E-state index contributed by atoms with van der Waals surface area (Å²) in [5.74, 6) is -1.02. The third-order valence-corrected chi connectivity index (χ3v) is 3.99. The summed E-state index contributed by atoms with van der Waals surface area (Å²) in [7, 11) is 0. The maximum absolute atomic E-state index is 13.8. The Bertz CT molecular complexity index is 456. The van der Waals surface area contributed by atoms with Gasteiger partial charge in [-0.05, 0) is 31.1 Å². The van der Waals surface area contributed by atoms with Crippen LogP contribution in [0.25, 0.3) is 0 Å². The molecule has 2 rings (SSSR count). The van der Waals surface area contributed by atoms with Crippen LogP contribution < -0.4 is 5.32 Å². The van der Waals surface area contributed by atoms with Crippen LogP contribution in [0.2, 0.25) is 0 Å². The first-order valence-corrected chi connectivity index (χ1v) is 7.65. The van der Waals surface area contributed by atoms with E-state index in [1.54, 1.807) is 0 Å². The number of rotatable bonds is 6.